The second kappa shape index (κ2) is 6.88. The largest absolute Gasteiger partial charge is 0.461 e. The SMILES string of the molecule is CSC(CC(C)C)C(=O)OC1CC(C)(C)N(O)C(C)(C)C1. The van der Waals surface area contributed by atoms with Gasteiger partial charge >= 0.3 is 5.97 Å². The molecule has 0 radical (unpaired) electrons. The van der Waals surface area contributed by atoms with E-state index in [0.717, 1.165) is 6.42 Å². The van der Waals surface area contributed by atoms with Crippen LogP contribution in [0.25, 0.3) is 0 Å². The minimum absolute atomic E-state index is 0.0941. The van der Waals surface area contributed by atoms with E-state index in [4.69, 9.17) is 4.74 Å². The number of thioether (sulfide) groups is 1. The molecule has 1 aliphatic rings. The molecule has 1 heterocycles. The Morgan fingerprint density at radius 3 is 2.14 bits per heavy atom. The summed E-state index contributed by atoms with van der Waals surface area (Å²) in [6, 6.07) is 0. The number of carbonyl (C=O) groups excluding carboxylic acids is 1. The molecule has 1 atom stereocenters. The molecule has 21 heavy (non-hydrogen) atoms. The van der Waals surface area contributed by atoms with Crippen LogP contribution >= 0.6 is 11.8 Å². The Kier molecular flexibility index (Phi) is 6.16. The number of hydrogen-bond acceptors (Lipinski definition) is 5. The molecular weight excluding hydrogens is 286 g/mol. The standard InChI is InChI=1S/C16H31NO3S/c1-11(2)8-13(21-7)14(18)20-12-9-15(3,4)17(19)16(5,6)10-12/h11-13,19H,8-10H2,1-7H3. The van der Waals surface area contributed by atoms with Gasteiger partial charge in [-0.3, -0.25) is 4.79 Å². The van der Waals surface area contributed by atoms with E-state index >= 15 is 0 Å². The third-order valence-electron chi connectivity index (χ3n) is 4.12. The van der Waals surface area contributed by atoms with Crippen molar-refractivity contribution in [2.45, 2.75) is 83.2 Å². The van der Waals surface area contributed by atoms with Crippen molar-refractivity contribution in [2.24, 2.45) is 5.92 Å². The van der Waals surface area contributed by atoms with Gasteiger partial charge in [-0.25, -0.2) is 0 Å². The van der Waals surface area contributed by atoms with E-state index in [-0.39, 0.29) is 28.4 Å². The fraction of sp³-hybridized carbons (Fsp3) is 0.938. The lowest BCUT2D eigenvalue weighted by molar-refractivity contribution is -0.259. The van der Waals surface area contributed by atoms with Gasteiger partial charge < -0.3 is 9.94 Å². The maximum absolute atomic E-state index is 12.4. The average molecular weight is 317 g/mol. The number of esters is 1. The molecule has 0 aromatic rings. The topological polar surface area (TPSA) is 49.8 Å². The zero-order valence-electron chi connectivity index (χ0n) is 14.5. The van der Waals surface area contributed by atoms with E-state index in [1.54, 1.807) is 11.8 Å². The van der Waals surface area contributed by atoms with Crippen LogP contribution in [0.2, 0.25) is 0 Å². The Morgan fingerprint density at radius 1 is 1.29 bits per heavy atom. The number of nitrogens with zero attached hydrogens (tertiary/aromatic N) is 1. The predicted molar refractivity (Wildman–Crippen MR) is 87.7 cm³/mol. The van der Waals surface area contributed by atoms with Crippen LogP contribution in [-0.4, -0.2) is 44.9 Å². The Bertz CT molecular complexity index is 351. The van der Waals surface area contributed by atoms with Gasteiger partial charge in [0.2, 0.25) is 0 Å². The summed E-state index contributed by atoms with van der Waals surface area (Å²) in [5, 5.41) is 11.6. The van der Waals surface area contributed by atoms with E-state index in [1.807, 2.05) is 34.0 Å². The van der Waals surface area contributed by atoms with Crippen LogP contribution in [0.15, 0.2) is 0 Å². The lowest BCUT2D eigenvalue weighted by Crippen LogP contribution is -2.60. The minimum Gasteiger partial charge on any atom is -0.461 e. The van der Waals surface area contributed by atoms with Crippen LogP contribution in [0.1, 0.15) is 60.8 Å². The van der Waals surface area contributed by atoms with Crippen molar-refractivity contribution in [1.29, 1.82) is 0 Å². The van der Waals surface area contributed by atoms with Crippen LogP contribution in [0, 0.1) is 5.92 Å². The number of ether oxygens (including phenoxy) is 1. The first-order valence-corrected chi connectivity index (χ1v) is 9.01. The van der Waals surface area contributed by atoms with E-state index in [1.165, 1.54) is 5.06 Å². The van der Waals surface area contributed by atoms with Gasteiger partial charge in [0.15, 0.2) is 0 Å². The van der Waals surface area contributed by atoms with Crippen molar-refractivity contribution < 1.29 is 14.7 Å². The van der Waals surface area contributed by atoms with Crippen LogP contribution in [0.3, 0.4) is 0 Å². The monoisotopic (exact) mass is 317 g/mol. The normalized spacial score (nSPS) is 24.0. The van der Waals surface area contributed by atoms with Crippen molar-refractivity contribution in [3.05, 3.63) is 0 Å². The van der Waals surface area contributed by atoms with Gasteiger partial charge in [0.1, 0.15) is 11.4 Å². The van der Waals surface area contributed by atoms with Gasteiger partial charge in [0, 0.05) is 23.9 Å². The number of piperidine rings is 1. The molecule has 1 unspecified atom stereocenters. The summed E-state index contributed by atoms with van der Waals surface area (Å²) in [6.45, 7) is 12.2. The summed E-state index contributed by atoms with van der Waals surface area (Å²) in [5.41, 5.74) is -0.779. The van der Waals surface area contributed by atoms with Crippen LogP contribution in [0.4, 0.5) is 0 Å². The Hall–Kier alpha value is -0.260. The summed E-state index contributed by atoms with van der Waals surface area (Å²) in [5.74, 6) is 0.362. The van der Waals surface area contributed by atoms with Crippen molar-refractivity contribution in [2.75, 3.05) is 6.26 Å². The first-order valence-electron chi connectivity index (χ1n) is 7.72. The first kappa shape index (κ1) is 18.8. The maximum atomic E-state index is 12.4. The van der Waals surface area contributed by atoms with E-state index in [2.05, 4.69) is 13.8 Å². The Balaban J connectivity index is 2.72. The molecule has 1 aliphatic heterocycles. The number of rotatable bonds is 5. The molecule has 5 heteroatoms. The van der Waals surface area contributed by atoms with Crippen molar-refractivity contribution in [3.63, 3.8) is 0 Å². The Morgan fingerprint density at radius 2 is 1.76 bits per heavy atom. The first-order chi connectivity index (χ1) is 9.49. The molecule has 0 spiro atoms. The summed E-state index contributed by atoms with van der Waals surface area (Å²) in [6.07, 6.45) is 3.97. The Labute approximate surface area is 133 Å². The van der Waals surface area contributed by atoms with E-state index in [9.17, 15) is 10.0 Å². The van der Waals surface area contributed by atoms with Gasteiger partial charge in [-0.1, -0.05) is 13.8 Å². The average Bonchev–Trinajstić information content (AvgIpc) is 2.31. The lowest BCUT2D eigenvalue weighted by Gasteiger charge is -2.51. The molecule has 0 amide bonds. The second-order valence-corrected chi connectivity index (χ2v) is 8.80. The molecule has 0 aliphatic carbocycles. The molecule has 1 rings (SSSR count). The quantitative estimate of drug-likeness (QED) is 0.783. The van der Waals surface area contributed by atoms with Crippen LogP contribution in [-0.2, 0) is 9.53 Å². The smallest absolute Gasteiger partial charge is 0.319 e. The summed E-state index contributed by atoms with van der Waals surface area (Å²) < 4.78 is 5.77. The van der Waals surface area contributed by atoms with Gasteiger partial charge in [0.25, 0.3) is 0 Å². The van der Waals surface area contributed by atoms with Gasteiger partial charge in [-0.05, 0) is 46.3 Å². The van der Waals surface area contributed by atoms with Crippen LogP contribution in [0.5, 0.6) is 0 Å². The molecular formula is C16H31NO3S. The molecule has 0 aromatic carbocycles. The molecule has 1 fully saturated rings. The van der Waals surface area contributed by atoms with Gasteiger partial charge in [-0.2, -0.15) is 16.8 Å². The third kappa shape index (κ3) is 4.86. The van der Waals surface area contributed by atoms with E-state index in [0.29, 0.717) is 18.8 Å². The molecule has 0 saturated carbocycles. The highest BCUT2D eigenvalue weighted by Crippen LogP contribution is 2.38. The lowest BCUT2D eigenvalue weighted by atomic mass is 9.80. The van der Waals surface area contributed by atoms with Crippen molar-refractivity contribution in [1.82, 2.24) is 5.06 Å². The number of hydrogen-bond donors (Lipinski definition) is 1. The number of hydroxylamine groups is 2. The summed E-state index contributed by atoms with van der Waals surface area (Å²) >= 11 is 1.56. The molecule has 1 N–H and O–H groups in total. The van der Waals surface area contributed by atoms with Crippen molar-refractivity contribution in [3.8, 4) is 0 Å². The van der Waals surface area contributed by atoms with Crippen molar-refractivity contribution >= 4 is 17.7 Å². The number of carbonyl (C=O) groups is 1. The fourth-order valence-electron chi connectivity index (χ4n) is 3.22. The predicted octanol–water partition coefficient (Wildman–Crippen LogP) is 3.72. The molecule has 0 bridgehead atoms. The zero-order chi connectivity index (χ0) is 16.4. The van der Waals surface area contributed by atoms with E-state index < -0.39 is 0 Å². The summed E-state index contributed by atoms with van der Waals surface area (Å²) in [4.78, 5) is 12.4. The molecule has 1 saturated heterocycles. The molecule has 4 nitrogen and oxygen atoms in total. The minimum atomic E-state index is -0.389. The van der Waals surface area contributed by atoms with Gasteiger partial charge in [-0.15, -0.1) is 0 Å². The third-order valence-corrected chi connectivity index (χ3v) is 5.07. The maximum Gasteiger partial charge on any atom is 0.319 e. The van der Waals surface area contributed by atoms with Gasteiger partial charge in [0.05, 0.1) is 0 Å². The highest BCUT2D eigenvalue weighted by molar-refractivity contribution is 7.99. The fourth-order valence-corrected chi connectivity index (χ4v) is 4.04. The van der Waals surface area contributed by atoms with Crippen LogP contribution < -0.4 is 0 Å². The molecule has 0 aromatic heterocycles. The highest BCUT2D eigenvalue weighted by Gasteiger charge is 2.46. The molecule has 124 valence electrons. The zero-order valence-corrected chi connectivity index (χ0v) is 15.3. The highest BCUT2D eigenvalue weighted by atomic mass is 32.2. The second-order valence-electron chi connectivity index (χ2n) is 7.76. The summed E-state index contributed by atoms with van der Waals surface area (Å²) in [7, 11) is 0.